The number of hydrogen-bond acceptors (Lipinski definition) is 2. The molecule has 1 aliphatic heterocycles. The molecule has 1 amide bonds. The van der Waals surface area contributed by atoms with E-state index in [0.717, 1.165) is 42.5 Å². The van der Waals surface area contributed by atoms with Crippen molar-refractivity contribution in [1.82, 2.24) is 0 Å². The minimum atomic E-state index is -0.862. The van der Waals surface area contributed by atoms with Crippen molar-refractivity contribution in [3.05, 3.63) is 29.3 Å². The Morgan fingerprint density at radius 3 is 2.70 bits per heavy atom. The van der Waals surface area contributed by atoms with E-state index in [-0.39, 0.29) is 24.3 Å². The molecule has 1 N–H and O–H groups in total. The number of carbonyl (C=O) groups is 2. The second kappa shape index (κ2) is 4.62. The van der Waals surface area contributed by atoms with Gasteiger partial charge in [0.2, 0.25) is 5.91 Å². The summed E-state index contributed by atoms with van der Waals surface area (Å²) in [6.45, 7) is 2.27. The summed E-state index contributed by atoms with van der Waals surface area (Å²) < 4.78 is 0. The predicted molar refractivity (Wildman–Crippen MR) is 75.9 cm³/mol. The van der Waals surface area contributed by atoms with E-state index in [1.807, 2.05) is 19.1 Å². The lowest BCUT2D eigenvalue weighted by Gasteiger charge is -2.23. The highest BCUT2D eigenvalue weighted by molar-refractivity contribution is 6.08. The van der Waals surface area contributed by atoms with E-state index in [9.17, 15) is 9.59 Å². The number of amides is 1. The number of aliphatic carboxylic acids is 1. The SMILES string of the molecule is Cc1ccc2c(c1)N(CCC(=O)O)C(=O)C21CCCC1. The van der Waals surface area contributed by atoms with Crippen molar-refractivity contribution in [2.24, 2.45) is 0 Å². The molecule has 0 unspecified atom stereocenters. The third kappa shape index (κ3) is 1.82. The first kappa shape index (κ1) is 13.2. The lowest BCUT2D eigenvalue weighted by molar-refractivity contribution is -0.136. The van der Waals surface area contributed by atoms with Crippen LogP contribution in [0.1, 0.15) is 43.2 Å². The Morgan fingerprint density at radius 1 is 1.35 bits per heavy atom. The van der Waals surface area contributed by atoms with Crippen LogP contribution in [0, 0.1) is 6.92 Å². The van der Waals surface area contributed by atoms with Crippen LogP contribution in [0.2, 0.25) is 0 Å². The Bertz CT molecular complexity index is 573. The van der Waals surface area contributed by atoms with Gasteiger partial charge in [-0.25, -0.2) is 0 Å². The standard InChI is InChI=1S/C16H19NO3/c1-11-4-5-12-13(10-11)17(9-6-14(18)19)15(20)16(12)7-2-3-8-16/h4-5,10H,2-3,6-9H2,1H3,(H,18,19). The minimum Gasteiger partial charge on any atom is -0.481 e. The molecule has 4 nitrogen and oxygen atoms in total. The monoisotopic (exact) mass is 273 g/mol. The van der Waals surface area contributed by atoms with Gasteiger partial charge in [-0.2, -0.15) is 0 Å². The molecule has 2 aliphatic rings. The first-order valence-corrected chi connectivity index (χ1v) is 7.19. The molecule has 1 saturated carbocycles. The highest BCUT2D eigenvalue weighted by Gasteiger charge is 2.51. The van der Waals surface area contributed by atoms with Crippen LogP contribution in [0.5, 0.6) is 0 Å². The van der Waals surface area contributed by atoms with Crippen molar-refractivity contribution in [2.75, 3.05) is 11.4 Å². The van der Waals surface area contributed by atoms with E-state index in [1.165, 1.54) is 0 Å². The summed E-state index contributed by atoms with van der Waals surface area (Å²) in [5.41, 5.74) is 2.77. The molecule has 0 radical (unpaired) electrons. The maximum atomic E-state index is 12.8. The van der Waals surface area contributed by atoms with Crippen LogP contribution in [0.25, 0.3) is 0 Å². The molecule has 0 atom stereocenters. The van der Waals surface area contributed by atoms with E-state index < -0.39 is 5.97 Å². The number of rotatable bonds is 3. The van der Waals surface area contributed by atoms with E-state index in [1.54, 1.807) is 4.90 Å². The van der Waals surface area contributed by atoms with Gasteiger partial charge >= 0.3 is 5.97 Å². The Labute approximate surface area is 118 Å². The van der Waals surface area contributed by atoms with Crippen molar-refractivity contribution < 1.29 is 14.7 Å². The second-order valence-corrected chi connectivity index (χ2v) is 5.91. The van der Waals surface area contributed by atoms with Crippen molar-refractivity contribution in [3.8, 4) is 0 Å². The Kier molecular flexibility index (Phi) is 3.04. The first-order chi connectivity index (χ1) is 9.54. The van der Waals surface area contributed by atoms with E-state index in [0.29, 0.717) is 0 Å². The number of benzene rings is 1. The van der Waals surface area contributed by atoms with Crippen LogP contribution >= 0.6 is 0 Å². The van der Waals surface area contributed by atoms with Gasteiger partial charge in [0, 0.05) is 12.2 Å². The molecule has 4 heteroatoms. The van der Waals surface area contributed by atoms with Gasteiger partial charge in [-0.3, -0.25) is 9.59 Å². The van der Waals surface area contributed by atoms with Gasteiger partial charge in [-0.05, 0) is 37.0 Å². The lowest BCUT2D eigenvalue weighted by Crippen LogP contribution is -2.39. The predicted octanol–water partition coefficient (Wildman–Crippen LogP) is 2.63. The van der Waals surface area contributed by atoms with Crippen LogP contribution < -0.4 is 4.90 Å². The number of hydrogen-bond donors (Lipinski definition) is 1. The lowest BCUT2D eigenvalue weighted by atomic mass is 9.80. The molecular weight excluding hydrogens is 254 g/mol. The molecule has 0 aromatic heterocycles. The topological polar surface area (TPSA) is 57.6 Å². The largest absolute Gasteiger partial charge is 0.481 e. The van der Waals surface area contributed by atoms with Crippen LogP contribution in [-0.4, -0.2) is 23.5 Å². The quantitative estimate of drug-likeness (QED) is 0.921. The van der Waals surface area contributed by atoms with Gasteiger partial charge in [0.1, 0.15) is 0 Å². The van der Waals surface area contributed by atoms with Crippen molar-refractivity contribution in [3.63, 3.8) is 0 Å². The zero-order valence-corrected chi connectivity index (χ0v) is 11.7. The number of carboxylic acids is 1. The molecule has 0 saturated heterocycles. The molecule has 0 bridgehead atoms. The van der Waals surface area contributed by atoms with Crippen LogP contribution in [-0.2, 0) is 15.0 Å². The second-order valence-electron chi connectivity index (χ2n) is 5.91. The Hall–Kier alpha value is -1.84. The van der Waals surface area contributed by atoms with Crippen LogP contribution in [0.3, 0.4) is 0 Å². The number of carboxylic acid groups (broad SMARTS) is 1. The molecular formula is C16H19NO3. The van der Waals surface area contributed by atoms with Gasteiger partial charge in [0.05, 0.1) is 11.8 Å². The highest BCUT2D eigenvalue weighted by Crippen LogP contribution is 2.51. The summed E-state index contributed by atoms with van der Waals surface area (Å²) in [5, 5.41) is 8.88. The normalized spacial score (nSPS) is 19.6. The summed E-state index contributed by atoms with van der Waals surface area (Å²) >= 11 is 0. The number of fused-ring (bicyclic) bond motifs is 2. The van der Waals surface area contributed by atoms with E-state index >= 15 is 0 Å². The van der Waals surface area contributed by atoms with Crippen molar-refractivity contribution in [2.45, 2.75) is 44.4 Å². The summed E-state index contributed by atoms with van der Waals surface area (Å²) in [4.78, 5) is 25.4. The number of nitrogens with zero attached hydrogens (tertiary/aromatic N) is 1. The van der Waals surface area contributed by atoms with Gasteiger partial charge in [-0.1, -0.05) is 25.0 Å². The van der Waals surface area contributed by atoms with Gasteiger partial charge in [0.25, 0.3) is 0 Å². The van der Waals surface area contributed by atoms with Gasteiger partial charge in [-0.15, -0.1) is 0 Å². The van der Waals surface area contributed by atoms with Crippen molar-refractivity contribution in [1.29, 1.82) is 0 Å². The van der Waals surface area contributed by atoms with Gasteiger partial charge in [0.15, 0.2) is 0 Å². The number of anilines is 1. The average molecular weight is 273 g/mol. The van der Waals surface area contributed by atoms with Crippen molar-refractivity contribution >= 4 is 17.6 Å². The number of carbonyl (C=O) groups excluding carboxylic acids is 1. The summed E-state index contributed by atoms with van der Waals surface area (Å²) in [7, 11) is 0. The molecule has 20 heavy (non-hydrogen) atoms. The fraction of sp³-hybridized carbons (Fsp3) is 0.500. The smallest absolute Gasteiger partial charge is 0.305 e. The van der Waals surface area contributed by atoms with Crippen LogP contribution in [0.15, 0.2) is 18.2 Å². The third-order valence-electron chi connectivity index (χ3n) is 4.62. The van der Waals surface area contributed by atoms with E-state index in [4.69, 9.17) is 5.11 Å². The van der Waals surface area contributed by atoms with E-state index in [2.05, 4.69) is 6.07 Å². The molecule has 1 spiro atoms. The Balaban J connectivity index is 2.03. The molecule has 1 aromatic carbocycles. The summed E-state index contributed by atoms with van der Waals surface area (Å²) in [6.07, 6.45) is 3.93. The maximum Gasteiger partial charge on any atom is 0.305 e. The highest BCUT2D eigenvalue weighted by atomic mass is 16.4. The Morgan fingerprint density at radius 2 is 2.05 bits per heavy atom. The molecule has 1 heterocycles. The molecule has 1 aliphatic carbocycles. The zero-order valence-electron chi connectivity index (χ0n) is 11.7. The van der Waals surface area contributed by atoms with Gasteiger partial charge < -0.3 is 10.0 Å². The molecule has 1 fully saturated rings. The summed E-state index contributed by atoms with van der Waals surface area (Å²) in [6, 6.07) is 6.13. The summed E-state index contributed by atoms with van der Waals surface area (Å²) in [5.74, 6) is -0.753. The molecule has 1 aromatic rings. The average Bonchev–Trinajstić information content (AvgIpc) is 2.96. The third-order valence-corrected chi connectivity index (χ3v) is 4.62. The number of aryl methyl sites for hydroxylation is 1. The fourth-order valence-electron chi connectivity index (χ4n) is 3.64. The maximum absolute atomic E-state index is 12.8. The molecule has 106 valence electrons. The fourth-order valence-corrected chi connectivity index (χ4v) is 3.64. The van der Waals surface area contributed by atoms with Crippen LogP contribution in [0.4, 0.5) is 5.69 Å². The minimum absolute atomic E-state index is 0.00476. The zero-order chi connectivity index (χ0) is 14.3. The first-order valence-electron chi connectivity index (χ1n) is 7.19. The molecule has 3 rings (SSSR count).